The molecule has 0 amide bonds. The highest BCUT2D eigenvalue weighted by molar-refractivity contribution is 5.21. The monoisotopic (exact) mass is 205 g/mol. The molecule has 1 saturated carbocycles. The molecule has 0 atom stereocenters. The summed E-state index contributed by atoms with van der Waals surface area (Å²) in [7, 11) is 0. The molecule has 6 heteroatoms. The first-order chi connectivity index (χ1) is 6.42. The van der Waals surface area contributed by atoms with Gasteiger partial charge in [-0.15, -0.1) is 0 Å². The smallest absolute Gasteiger partial charge is 0.320 e. The van der Waals surface area contributed by atoms with Crippen LogP contribution in [0, 0.1) is 0 Å². The van der Waals surface area contributed by atoms with E-state index in [2.05, 4.69) is 10.2 Å². The quantitative estimate of drug-likeness (QED) is 0.734. The summed E-state index contributed by atoms with van der Waals surface area (Å²) in [5.41, 5.74) is 4.71. The SMILES string of the molecule is NC1(c2cc(C(F)(F)F)n[nH]2)CCC1. The van der Waals surface area contributed by atoms with E-state index in [1.54, 1.807) is 0 Å². The first-order valence-corrected chi connectivity index (χ1v) is 4.34. The van der Waals surface area contributed by atoms with Crippen LogP contribution >= 0.6 is 0 Å². The van der Waals surface area contributed by atoms with Gasteiger partial charge in [0.15, 0.2) is 5.69 Å². The topological polar surface area (TPSA) is 54.7 Å². The Bertz CT molecular complexity index is 338. The Morgan fingerprint density at radius 2 is 2.07 bits per heavy atom. The van der Waals surface area contributed by atoms with E-state index >= 15 is 0 Å². The fraction of sp³-hybridized carbons (Fsp3) is 0.625. The zero-order valence-corrected chi connectivity index (χ0v) is 7.36. The summed E-state index contributed by atoms with van der Waals surface area (Å²) in [6, 6.07) is 0.999. The van der Waals surface area contributed by atoms with Gasteiger partial charge < -0.3 is 5.73 Å². The zero-order chi connectivity index (χ0) is 10.4. The second-order valence-corrected chi connectivity index (χ2v) is 3.67. The van der Waals surface area contributed by atoms with Gasteiger partial charge in [0, 0.05) is 0 Å². The Labute approximate surface area is 78.5 Å². The molecule has 1 aromatic rings. The molecule has 0 unspecified atom stereocenters. The first kappa shape index (κ1) is 9.51. The summed E-state index contributed by atoms with van der Waals surface area (Å²) in [6.45, 7) is 0. The van der Waals surface area contributed by atoms with Crippen molar-refractivity contribution in [3.63, 3.8) is 0 Å². The molecule has 3 N–H and O–H groups in total. The second kappa shape index (κ2) is 2.73. The van der Waals surface area contributed by atoms with E-state index in [1.807, 2.05) is 0 Å². The number of H-pyrrole nitrogens is 1. The fourth-order valence-electron chi connectivity index (χ4n) is 1.55. The van der Waals surface area contributed by atoms with Gasteiger partial charge in [0.05, 0.1) is 11.2 Å². The van der Waals surface area contributed by atoms with Crippen LogP contribution in [0.5, 0.6) is 0 Å². The van der Waals surface area contributed by atoms with Gasteiger partial charge in [-0.2, -0.15) is 18.3 Å². The number of aromatic amines is 1. The molecule has 3 nitrogen and oxygen atoms in total. The summed E-state index contributed by atoms with van der Waals surface area (Å²) in [4.78, 5) is 0. The Balaban J connectivity index is 2.26. The van der Waals surface area contributed by atoms with Crippen LogP contribution in [0.15, 0.2) is 6.07 Å². The number of alkyl halides is 3. The van der Waals surface area contributed by atoms with Gasteiger partial charge in [-0.3, -0.25) is 5.10 Å². The molecule has 0 radical (unpaired) electrons. The summed E-state index contributed by atoms with van der Waals surface area (Å²) >= 11 is 0. The normalized spacial score (nSPS) is 20.6. The molecule has 78 valence electrons. The van der Waals surface area contributed by atoms with Gasteiger partial charge in [-0.1, -0.05) is 0 Å². The molecule has 1 aliphatic carbocycles. The molecule has 0 spiro atoms. The third kappa shape index (κ3) is 1.39. The van der Waals surface area contributed by atoms with Crippen LogP contribution in [0.2, 0.25) is 0 Å². The third-order valence-electron chi connectivity index (χ3n) is 2.65. The van der Waals surface area contributed by atoms with Crippen LogP contribution in [0.4, 0.5) is 13.2 Å². The molecule has 0 bridgehead atoms. The molecule has 0 saturated heterocycles. The standard InChI is InChI=1S/C8H10F3N3/c9-8(10,11)6-4-5(13-14-6)7(12)2-1-3-7/h4H,1-3,12H2,(H,13,14). The molecular weight excluding hydrogens is 195 g/mol. The molecule has 1 heterocycles. The lowest BCUT2D eigenvalue weighted by Gasteiger charge is -2.36. The number of halogens is 3. The lowest BCUT2D eigenvalue weighted by atomic mass is 9.75. The minimum Gasteiger partial charge on any atom is -0.320 e. The predicted octanol–water partition coefficient (Wildman–Crippen LogP) is 1.77. The Morgan fingerprint density at radius 1 is 1.43 bits per heavy atom. The van der Waals surface area contributed by atoms with Crippen molar-refractivity contribution in [2.75, 3.05) is 0 Å². The van der Waals surface area contributed by atoms with Crippen molar-refractivity contribution in [3.05, 3.63) is 17.5 Å². The van der Waals surface area contributed by atoms with Crippen LogP contribution in [0.3, 0.4) is 0 Å². The van der Waals surface area contributed by atoms with Gasteiger partial charge in [0.2, 0.25) is 0 Å². The van der Waals surface area contributed by atoms with E-state index in [4.69, 9.17) is 5.73 Å². The van der Waals surface area contributed by atoms with E-state index in [0.717, 1.165) is 12.5 Å². The molecule has 1 aliphatic rings. The van der Waals surface area contributed by atoms with Crippen LogP contribution in [0.25, 0.3) is 0 Å². The largest absolute Gasteiger partial charge is 0.435 e. The second-order valence-electron chi connectivity index (χ2n) is 3.67. The number of nitrogens with two attached hydrogens (primary N) is 1. The maximum Gasteiger partial charge on any atom is 0.435 e. The lowest BCUT2D eigenvalue weighted by Crippen LogP contribution is -2.43. The molecule has 14 heavy (non-hydrogen) atoms. The minimum absolute atomic E-state index is 0.385. The molecular formula is C8H10F3N3. The summed E-state index contributed by atoms with van der Waals surface area (Å²) in [5.74, 6) is 0. The van der Waals surface area contributed by atoms with Crippen molar-refractivity contribution < 1.29 is 13.2 Å². The van der Waals surface area contributed by atoms with Gasteiger partial charge in [-0.05, 0) is 25.3 Å². The molecule has 2 rings (SSSR count). The zero-order valence-electron chi connectivity index (χ0n) is 7.36. The van der Waals surface area contributed by atoms with Gasteiger partial charge in [0.1, 0.15) is 0 Å². The van der Waals surface area contributed by atoms with Crippen LogP contribution in [-0.2, 0) is 11.7 Å². The molecule has 1 aromatic heterocycles. The number of aromatic nitrogens is 2. The highest BCUT2D eigenvalue weighted by Gasteiger charge is 2.40. The number of nitrogens with zero attached hydrogens (tertiary/aromatic N) is 1. The first-order valence-electron chi connectivity index (χ1n) is 4.34. The number of nitrogens with one attached hydrogen (secondary N) is 1. The molecule has 0 aliphatic heterocycles. The minimum atomic E-state index is -4.39. The van der Waals surface area contributed by atoms with Crippen LogP contribution < -0.4 is 5.73 Å². The number of rotatable bonds is 1. The Hall–Kier alpha value is -1.04. The van der Waals surface area contributed by atoms with Crippen LogP contribution in [-0.4, -0.2) is 10.2 Å². The summed E-state index contributed by atoms with van der Waals surface area (Å²) < 4.78 is 36.6. The summed E-state index contributed by atoms with van der Waals surface area (Å²) in [5, 5.41) is 5.57. The van der Waals surface area contributed by atoms with Crippen molar-refractivity contribution in [1.29, 1.82) is 0 Å². The molecule has 1 fully saturated rings. The summed E-state index contributed by atoms with van der Waals surface area (Å²) in [6.07, 6.45) is -2.01. The van der Waals surface area contributed by atoms with Crippen molar-refractivity contribution in [2.45, 2.75) is 31.0 Å². The van der Waals surface area contributed by atoms with E-state index in [1.165, 1.54) is 0 Å². The van der Waals surface area contributed by atoms with E-state index < -0.39 is 17.4 Å². The van der Waals surface area contributed by atoms with Crippen molar-refractivity contribution >= 4 is 0 Å². The number of hydrogen-bond acceptors (Lipinski definition) is 2. The van der Waals surface area contributed by atoms with E-state index in [9.17, 15) is 13.2 Å². The fourth-order valence-corrected chi connectivity index (χ4v) is 1.55. The van der Waals surface area contributed by atoms with Crippen LogP contribution in [0.1, 0.15) is 30.7 Å². The van der Waals surface area contributed by atoms with Gasteiger partial charge in [0.25, 0.3) is 0 Å². The maximum atomic E-state index is 12.2. The van der Waals surface area contributed by atoms with Gasteiger partial charge >= 0.3 is 6.18 Å². The van der Waals surface area contributed by atoms with Gasteiger partial charge in [-0.25, -0.2) is 0 Å². The molecule has 0 aromatic carbocycles. The lowest BCUT2D eigenvalue weighted by molar-refractivity contribution is -0.141. The highest BCUT2D eigenvalue weighted by atomic mass is 19.4. The number of hydrogen-bond donors (Lipinski definition) is 2. The van der Waals surface area contributed by atoms with Crippen molar-refractivity contribution in [2.24, 2.45) is 5.73 Å². The maximum absolute atomic E-state index is 12.2. The third-order valence-corrected chi connectivity index (χ3v) is 2.65. The Morgan fingerprint density at radius 3 is 2.43 bits per heavy atom. The average Bonchev–Trinajstić information content (AvgIpc) is 2.46. The predicted molar refractivity (Wildman–Crippen MR) is 43.3 cm³/mol. The van der Waals surface area contributed by atoms with E-state index in [0.29, 0.717) is 18.5 Å². The van der Waals surface area contributed by atoms with Crippen molar-refractivity contribution in [3.8, 4) is 0 Å². The average molecular weight is 205 g/mol. The van der Waals surface area contributed by atoms with Crippen molar-refractivity contribution in [1.82, 2.24) is 10.2 Å². The highest BCUT2D eigenvalue weighted by Crippen LogP contribution is 2.39. The van der Waals surface area contributed by atoms with E-state index in [-0.39, 0.29) is 0 Å². The Kier molecular flexibility index (Phi) is 1.85.